The second-order valence-corrected chi connectivity index (χ2v) is 5.70. The van der Waals surface area contributed by atoms with E-state index in [9.17, 15) is 19.7 Å². The van der Waals surface area contributed by atoms with Crippen molar-refractivity contribution >= 4 is 18.1 Å². The largest absolute Gasteiger partial charge is 0.483 e. The van der Waals surface area contributed by atoms with E-state index in [1.807, 2.05) is 12.1 Å². The third-order valence-electron chi connectivity index (χ3n) is 3.68. The van der Waals surface area contributed by atoms with Gasteiger partial charge in [-0.05, 0) is 36.2 Å². The van der Waals surface area contributed by atoms with E-state index in [-0.39, 0.29) is 12.0 Å². The zero-order chi connectivity index (χ0) is 18.1. The van der Waals surface area contributed by atoms with Crippen molar-refractivity contribution in [1.82, 2.24) is 5.32 Å². The lowest BCUT2D eigenvalue weighted by atomic mass is 9.88. The standard InChI is InChI=1S/C15H19ClFNO3.CH2O2/c16-11-3-1-9(2-4-11)5-6-18-12-7-10(8-17)13(19)15(21)14(12)20;2-1-3/h1-4,7,12-15,18-21H,5-6,8H2;1H,(H,2,3)/t12-,13+,14+,15+;/m1./s1. The summed E-state index contributed by atoms with van der Waals surface area (Å²) in [6, 6.07) is 6.83. The first-order chi connectivity index (χ1) is 11.4. The molecule has 134 valence electrons. The molecule has 0 spiro atoms. The van der Waals surface area contributed by atoms with E-state index in [1.54, 1.807) is 12.1 Å². The smallest absolute Gasteiger partial charge is 0.290 e. The molecule has 0 amide bonds. The highest BCUT2D eigenvalue weighted by Crippen LogP contribution is 2.20. The van der Waals surface area contributed by atoms with Gasteiger partial charge >= 0.3 is 0 Å². The molecule has 2 rings (SSSR count). The van der Waals surface area contributed by atoms with Gasteiger partial charge in [0.2, 0.25) is 0 Å². The van der Waals surface area contributed by atoms with Crippen molar-refractivity contribution in [2.45, 2.75) is 30.8 Å². The lowest BCUT2D eigenvalue weighted by Crippen LogP contribution is -2.54. The van der Waals surface area contributed by atoms with E-state index in [0.717, 1.165) is 5.56 Å². The molecule has 0 aliphatic heterocycles. The van der Waals surface area contributed by atoms with Gasteiger partial charge in [0, 0.05) is 5.02 Å². The number of hydrogen-bond acceptors (Lipinski definition) is 5. The van der Waals surface area contributed by atoms with Gasteiger partial charge in [-0.25, -0.2) is 4.39 Å². The van der Waals surface area contributed by atoms with E-state index >= 15 is 0 Å². The Kier molecular flexibility index (Phi) is 8.88. The van der Waals surface area contributed by atoms with Crippen molar-refractivity contribution in [3.8, 4) is 0 Å². The van der Waals surface area contributed by atoms with Crippen LogP contribution in [-0.2, 0) is 11.2 Å². The fourth-order valence-corrected chi connectivity index (χ4v) is 2.51. The Morgan fingerprint density at radius 1 is 1.17 bits per heavy atom. The van der Waals surface area contributed by atoms with Crippen LogP contribution in [0, 0.1) is 0 Å². The molecule has 0 heterocycles. The maximum atomic E-state index is 12.8. The zero-order valence-electron chi connectivity index (χ0n) is 12.8. The summed E-state index contributed by atoms with van der Waals surface area (Å²) in [4.78, 5) is 8.36. The van der Waals surface area contributed by atoms with Gasteiger partial charge in [-0.3, -0.25) is 4.79 Å². The highest BCUT2D eigenvalue weighted by molar-refractivity contribution is 6.30. The monoisotopic (exact) mass is 361 g/mol. The lowest BCUT2D eigenvalue weighted by Gasteiger charge is -2.34. The number of aliphatic hydroxyl groups excluding tert-OH is 3. The summed E-state index contributed by atoms with van der Waals surface area (Å²) in [5.74, 6) is 0. The van der Waals surface area contributed by atoms with Gasteiger partial charge in [-0.1, -0.05) is 29.8 Å². The number of benzene rings is 1. The molecule has 1 aromatic rings. The van der Waals surface area contributed by atoms with Gasteiger partial charge in [0.25, 0.3) is 6.47 Å². The van der Waals surface area contributed by atoms with Crippen molar-refractivity contribution < 1.29 is 29.6 Å². The second kappa shape index (κ2) is 10.4. The molecule has 1 aliphatic carbocycles. The van der Waals surface area contributed by atoms with Crippen LogP contribution in [0.3, 0.4) is 0 Å². The first kappa shape index (κ1) is 20.5. The van der Waals surface area contributed by atoms with Gasteiger partial charge in [0.1, 0.15) is 25.0 Å². The fraction of sp³-hybridized carbons (Fsp3) is 0.438. The first-order valence-corrected chi connectivity index (χ1v) is 7.68. The number of rotatable bonds is 5. The molecule has 6 nitrogen and oxygen atoms in total. The van der Waals surface area contributed by atoms with Crippen molar-refractivity contribution in [1.29, 1.82) is 0 Å². The van der Waals surface area contributed by atoms with Crippen molar-refractivity contribution in [3.63, 3.8) is 0 Å². The van der Waals surface area contributed by atoms with Gasteiger partial charge in [-0.2, -0.15) is 0 Å². The topological polar surface area (TPSA) is 110 Å². The number of nitrogens with one attached hydrogen (secondary N) is 1. The van der Waals surface area contributed by atoms with Crippen LogP contribution in [0.5, 0.6) is 0 Å². The van der Waals surface area contributed by atoms with Crippen LogP contribution in [0.15, 0.2) is 35.9 Å². The summed E-state index contributed by atoms with van der Waals surface area (Å²) < 4.78 is 12.8. The molecule has 0 bridgehead atoms. The molecular formula is C16H21ClFNO5. The molecule has 0 fully saturated rings. The molecule has 4 atom stereocenters. The molecule has 0 saturated heterocycles. The Bertz CT molecular complexity index is 540. The molecule has 0 unspecified atom stereocenters. The highest BCUT2D eigenvalue weighted by Gasteiger charge is 2.36. The lowest BCUT2D eigenvalue weighted by molar-refractivity contribution is -0.122. The average molecular weight is 362 g/mol. The Morgan fingerprint density at radius 2 is 1.75 bits per heavy atom. The Hall–Kier alpha value is -1.51. The second-order valence-electron chi connectivity index (χ2n) is 5.26. The quantitative estimate of drug-likeness (QED) is 0.386. The fourth-order valence-electron chi connectivity index (χ4n) is 2.38. The van der Waals surface area contributed by atoms with Gasteiger partial charge in [-0.15, -0.1) is 0 Å². The average Bonchev–Trinajstić information content (AvgIpc) is 2.57. The summed E-state index contributed by atoms with van der Waals surface area (Å²) >= 11 is 5.80. The SMILES string of the molecule is O=CO.O[C@@H]1[C@@H](O)[C@@H](O)C(CF)=C[C@H]1NCCc1ccc(Cl)cc1. The molecule has 0 saturated carbocycles. The number of halogens is 2. The minimum atomic E-state index is -1.38. The zero-order valence-corrected chi connectivity index (χ0v) is 13.6. The molecule has 1 aromatic carbocycles. The third kappa shape index (κ3) is 5.85. The molecule has 24 heavy (non-hydrogen) atoms. The Labute approximate surface area is 144 Å². The molecule has 1 aliphatic rings. The van der Waals surface area contributed by atoms with Gasteiger partial charge in [0.15, 0.2) is 0 Å². The van der Waals surface area contributed by atoms with Gasteiger partial charge < -0.3 is 25.7 Å². The summed E-state index contributed by atoms with van der Waals surface area (Å²) in [7, 11) is 0. The Balaban J connectivity index is 0.000000891. The minimum Gasteiger partial charge on any atom is -0.483 e. The van der Waals surface area contributed by atoms with E-state index < -0.39 is 31.0 Å². The van der Waals surface area contributed by atoms with E-state index in [0.29, 0.717) is 18.0 Å². The summed E-state index contributed by atoms with van der Waals surface area (Å²) in [5.41, 5.74) is 1.17. The number of hydrogen-bond donors (Lipinski definition) is 5. The normalized spacial score (nSPS) is 26.1. The predicted molar refractivity (Wildman–Crippen MR) is 87.7 cm³/mol. The maximum Gasteiger partial charge on any atom is 0.290 e. The van der Waals surface area contributed by atoms with Crippen LogP contribution in [0.4, 0.5) is 4.39 Å². The number of carboxylic acid groups (broad SMARTS) is 1. The van der Waals surface area contributed by atoms with E-state index in [1.165, 1.54) is 6.08 Å². The van der Waals surface area contributed by atoms with Crippen LogP contribution in [-0.4, -0.2) is 64.5 Å². The summed E-state index contributed by atoms with van der Waals surface area (Å²) in [5, 5.41) is 39.8. The van der Waals surface area contributed by atoms with Crippen LogP contribution in [0.2, 0.25) is 5.02 Å². The molecule has 5 N–H and O–H groups in total. The van der Waals surface area contributed by atoms with Crippen LogP contribution in [0.25, 0.3) is 0 Å². The third-order valence-corrected chi connectivity index (χ3v) is 3.93. The molecule has 8 heteroatoms. The maximum absolute atomic E-state index is 12.8. The van der Waals surface area contributed by atoms with Crippen LogP contribution >= 0.6 is 11.6 Å². The Morgan fingerprint density at radius 3 is 2.29 bits per heavy atom. The first-order valence-electron chi connectivity index (χ1n) is 7.31. The molecule has 0 aromatic heterocycles. The van der Waals surface area contributed by atoms with E-state index in [4.69, 9.17) is 21.5 Å². The number of alkyl halides is 1. The van der Waals surface area contributed by atoms with Crippen LogP contribution in [0.1, 0.15) is 5.56 Å². The summed E-state index contributed by atoms with van der Waals surface area (Å²) in [6.07, 6.45) is -1.74. The minimum absolute atomic E-state index is 0.0943. The molecular weight excluding hydrogens is 341 g/mol. The number of aliphatic hydroxyl groups is 3. The van der Waals surface area contributed by atoms with Gasteiger partial charge in [0.05, 0.1) is 6.04 Å². The van der Waals surface area contributed by atoms with E-state index in [2.05, 4.69) is 5.32 Å². The predicted octanol–water partition coefficient (Wildman–Crippen LogP) is 0.534. The molecule has 0 radical (unpaired) electrons. The highest BCUT2D eigenvalue weighted by atomic mass is 35.5. The number of carbonyl (C=O) groups is 1. The van der Waals surface area contributed by atoms with Crippen molar-refractivity contribution in [3.05, 3.63) is 46.5 Å². The van der Waals surface area contributed by atoms with Crippen molar-refractivity contribution in [2.24, 2.45) is 0 Å². The van der Waals surface area contributed by atoms with Crippen LogP contribution < -0.4 is 5.32 Å². The van der Waals surface area contributed by atoms with Crippen molar-refractivity contribution in [2.75, 3.05) is 13.2 Å². The summed E-state index contributed by atoms with van der Waals surface area (Å²) in [6.45, 7) is -0.553.